The average Bonchev–Trinajstić information content (AvgIpc) is 3.07. The Morgan fingerprint density at radius 1 is 1.22 bits per heavy atom. The maximum Gasteiger partial charge on any atom is 0.146 e. The summed E-state index contributed by atoms with van der Waals surface area (Å²) in [5, 5.41) is 12.2. The lowest BCUT2D eigenvalue weighted by molar-refractivity contribution is -0.109. The van der Waals surface area contributed by atoms with Crippen molar-refractivity contribution < 1.29 is 4.79 Å². The summed E-state index contributed by atoms with van der Waals surface area (Å²) in [6.07, 6.45) is 6.32. The van der Waals surface area contributed by atoms with E-state index < -0.39 is 6.04 Å². The van der Waals surface area contributed by atoms with Gasteiger partial charge >= 0.3 is 0 Å². The molecule has 0 saturated carbocycles. The largest absolute Gasteiger partial charge is 0.383 e. The minimum Gasteiger partial charge on any atom is -0.383 e. The van der Waals surface area contributed by atoms with Gasteiger partial charge in [-0.05, 0) is 67.6 Å². The van der Waals surface area contributed by atoms with E-state index in [0.29, 0.717) is 11.6 Å². The Labute approximate surface area is 185 Å². The Balaban J connectivity index is 1.64. The molecule has 4 aromatic rings. The standard InChI is InChI=1S/C24H23N7O/c1-13-8-16(11-27-23(13)25)19-9-15-6-7-26-21(12-32)22(15)24(29-19)28-17-4-5-18-14(2)31(3)30-20(18)10-17/h4-12,21,26H,1-3H3,(H2,25,27)(H,28,29). The van der Waals surface area contributed by atoms with Crippen molar-refractivity contribution in [1.29, 1.82) is 0 Å². The van der Waals surface area contributed by atoms with E-state index in [0.717, 1.165) is 56.5 Å². The van der Waals surface area contributed by atoms with Gasteiger partial charge in [0.05, 0.1) is 11.2 Å². The van der Waals surface area contributed by atoms with Crippen molar-refractivity contribution in [2.24, 2.45) is 7.05 Å². The van der Waals surface area contributed by atoms with Crippen molar-refractivity contribution >= 4 is 40.6 Å². The molecule has 0 amide bonds. The van der Waals surface area contributed by atoms with Crippen LogP contribution in [0.1, 0.15) is 28.4 Å². The summed E-state index contributed by atoms with van der Waals surface area (Å²) in [7, 11) is 1.93. The van der Waals surface area contributed by atoms with Crippen molar-refractivity contribution in [2.45, 2.75) is 19.9 Å². The van der Waals surface area contributed by atoms with Gasteiger partial charge in [-0.25, -0.2) is 9.97 Å². The molecule has 1 unspecified atom stereocenters. The van der Waals surface area contributed by atoms with Crippen LogP contribution in [-0.2, 0) is 11.8 Å². The number of carbonyl (C=O) groups excluding carboxylic acids is 1. The van der Waals surface area contributed by atoms with Gasteiger partial charge in [0.2, 0.25) is 0 Å². The van der Waals surface area contributed by atoms with Crippen LogP contribution in [0.3, 0.4) is 0 Å². The third-order valence-corrected chi connectivity index (χ3v) is 5.88. The number of benzene rings is 1. The van der Waals surface area contributed by atoms with E-state index >= 15 is 0 Å². The molecule has 0 bridgehead atoms. The molecule has 5 rings (SSSR count). The molecule has 0 aliphatic carbocycles. The van der Waals surface area contributed by atoms with Crippen LogP contribution in [0.15, 0.2) is 42.7 Å². The number of aromatic nitrogens is 4. The lowest BCUT2D eigenvalue weighted by atomic mass is 9.97. The van der Waals surface area contributed by atoms with Gasteiger partial charge in [0.1, 0.15) is 24.0 Å². The summed E-state index contributed by atoms with van der Waals surface area (Å²) in [6, 6.07) is 9.46. The van der Waals surface area contributed by atoms with E-state index in [9.17, 15) is 4.79 Å². The molecular weight excluding hydrogens is 402 g/mol. The van der Waals surface area contributed by atoms with Crippen LogP contribution in [0.5, 0.6) is 0 Å². The van der Waals surface area contributed by atoms with E-state index in [1.807, 2.05) is 62.0 Å². The molecule has 32 heavy (non-hydrogen) atoms. The van der Waals surface area contributed by atoms with Gasteiger partial charge < -0.3 is 21.2 Å². The number of pyridine rings is 2. The second-order valence-electron chi connectivity index (χ2n) is 7.96. The quantitative estimate of drug-likeness (QED) is 0.427. The van der Waals surface area contributed by atoms with E-state index in [-0.39, 0.29) is 0 Å². The molecule has 1 aliphatic rings. The normalized spacial score (nSPS) is 14.8. The highest BCUT2D eigenvalue weighted by Crippen LogP contribution is 2.35. The second-order valence-corrected chi connectivity index (χ2v) is 7.96. The molecule has 160 valence electrons. The predicted molar refractivity (Wildman–Crippen MR) is 126 cm³/mol. The van der Waals surface area contributed by atoms with Crippen LogP contribution < -0.4 is 16.4 Å². The summed E-state index contributed by atoms with van der Waals surface area (Å²) < 4.78 is 1.86. The van der Waals surface area contributed by atoms with Gasteiger partial charge in [-0.15, -0.1) is 0 Å². The molecule has 4 heterocycles. The smallest absolute Gasteiger partial charge is 0.146 e. The summed E-state index contributed by atoms with van der Waals surface area (Å²) in [6.45, 7) is 3.96. The van der Waals surface area contributed by atoms with Crippen molar-refractivity contribution in [2.75, 3.05) is 11.1 Å². The molecular formula is C24H23N7O. The summed E-state index contributed by atoms with van der Waals surface area (Å²) in [5.41, 5.74) is 12.9. The minimum absolute atomic E-state index is 0.494. The number of anilines is 3. The number of nitrogens with one attached hydrogen (secondary N) is 2. The third kappa shape index (κ3) is 3.26. The molecule has 0 fully saturated rings. The summed E-state index contributed by atoms with van der Waals surface area (Å²) >= 11 is 0. The zero-order valence-corrected chi connectivity index (χ0v) is 18.0. The SMILES string of the molecule is Cc1cc(-c2cc3c(c(Nc4ccc5c(C)n(C)nc5c4)n2)C(C=O)NC=C3)cnc1N. The van der Waals surface area contributed by atoms with Crippen molar-refractivity contribution in [3.63, 3.8) is 0 Å². The average molecular weight is 425 g/mol. The van der Waals surface area contributed by atoms with Crippen LogP contribution in [0.4, 0.5) is 17.3 Å². The van der Waals surface area contributed by atoms with Crippen molar-refractivity contribution in [1.82, 2.24) is 25.1 Å². The van der Waals surface area contributed by atoms with E-state index in [1.165, 1.54) is 0 Å². The lowest BCUT2D eigenvalue weighted by Crippen LogP contribution is -2.22. The third-order valence-electron chi connectivity index (χ3n) is 5.88. The van der Waals surface area contributed by atoms with E-state index in [2.05, 4.69) is 20.7 Å². The molecule has 1 aliphatic heterocycles. The Morgan fingerprint density at radius 3 is 2.84 bits per heavy atom. The molecule has 1 aromatic carbocycles. The van der Waals surface area contributed by atoms with Crippen LogP contribution in [0, 0.1) is 13.8 Å². The number of aryl methyl sites for hydroxylation is 3. The number of hydrogen-bond donors (Lipinski definition) is 3. The summed E-state index contributed by atoms with van der Waals surface area (Å²) in [5.74, 6) is 1.10. The molecule has 3 aromatic heterocycles. The predicted octanol–water partition coefficient (Wildman–Crippen LogP) is 3.79. The number of nitrogen functional groups attached to an aromatic ring is 1. The number of aldehydes is 1. The first-order valence-electron chi connectivity index (χ1n) is 10.3. The Hall–Kier alpha value is -4.20. The van der Waals surface area contributed by atoms with Gasteiger partial charge in [-0.1, -0.05) is 0 Å². The number of nitrogens with two attached hydrogens (primary N) is 1. The molecule has 0 spiro atoms. The molecule has 0 saturated heterocycles. The van der Waals surface area contributed by atoms with Crippen LogP contribution >= 0.6 is 0 Å². The molecule has 0 radical (unpaired) electrons. The van der Waals surface area contributed by atoms with Crippen LogP contribution in [0.25, 0.3) is 28.2 Å². The Morgan fingerprint density at radius 2 is 2.06 bits per heavy atom. The van der Waals surface area contributed by atoms with Gasteiger partial charge in [0.15, 0.2) is 0 Å². The highest BCUT2D eigenvalue weighted by atomic mass is 16.1. The summed E-state index contributed by atoms with van der Waals surface area (Å²) in [4.78, 5) is 20.9. The second kappa shape index (κ2) is 7.49. The maximum atomic E-state index is 11.8. The van der Waals surface area contributed by atoms with E-state index in [1.54, 1.807) is 12.4 Å². The fourth-order valence-electron chi connectivity index (χ4n) is 3.99. The Kier molecular flexibility index (Phi) is 4.62. The fraction of sp³-hybridized carbons (Fsp3) is 0.167. The first-order valence-corrected chi connectivity index (χ1v) is 10.3. The first kappa shape index (κ1) is 19.7. The molecule has 4 N–H and O–H groups in total. The van der Waals surface area contributed by atoms with Crippen LogP contribution in [0.2, 0.25) is 0 Å². The topological polar surface area (TPSA) is 111 Å². The van der Waals surface area contributed by atoms with Gasteiger partial charge in [-0.2, -0.15) is 5.10 Å². The zero-order valence-electron chi connectivity index (χ0n) is 18.0. The number of nitrogens with zero attached hydrogens (tertiary/aromatic N) is 4. The highest BCUT2D eigenvalue weighted by molar-refractivity contribution is 5.86. The van der Waals surface area contributed by atoms with Crippen LogP contribution in [-0.4, -0.2) is 26.0 Å². The number of fused-ring (bicyclic) bond motifs is 2. The van der Waals surface area contributed by atoms with Gasteiger partial charge in [0, 0.05) is 41.1 Å². The van der Waals surface area contributed by atoms with Crippen molar-refractivity contribution in [3.05, 3.63) is 65.1 Å². The monoisotopic (exact) mass is 425 g/mol. The lowest BCUT2D eigenvalue weighted by Gasteiger charge is -2.23. The number of carbonyl (C=O) groups is 1. The number of rotatable bonds is 4. The highest BCUT2D eigenvalue weighted by Gasteiger charge is 2.23. The zero-order chi connectivity index (χ0) is 22.4. The van der Waals surface area contributed by atoms with Crippen molar-refractivity contribution in [3.8, 4) is 11.3 Å². The Bertz CT molecular complexity index is 1400. The van der Waals surface area contributed by atoms with Gasteiger partial charge in [0.25, 0.3) is 0 Å². The fourth-order valence-corrected chi connectivity index (χ4v) is 3.99. The first-order chi connectivity index (χ1) is 15.4. The van der Waals surface area contributed by atoms with E-state index in [4.69, 9.17) is 10.7 Å². The minimum atomic E-state index is -0.494. The number of hydrogen-bond acceptors (Lipinski definition) is 7. The molecule has 8 nitrogen and oxygen atoms in total. The molecule has 1 atom stereocenters. The molecule has 8 heteroatoms. The van der Waals surface area contributed by atoms with Gasteiger partial charge in [-0.3, -0.25) is 4.68 Å². The maximum absolute atomic E-state index is 11.8.